The molecule has 8 heteroatoms. The smallest absolute Gasteiger partial charge is 0.191 e. The second-order valence-corrected chi connectivity index (χ2v) is 8.48. The second-order valence-electron chi connectivity index (χ2n) is 8.48. The van der Waals surface area contributed by atoms with E-state index in [1.54, 1.807) is 0 Å². The molecule has 1 fully saturated rings. The van der Waals surface area contributed by atoms with Crippen molar-refractivity contribution in [2.24, 2.45) is 4.99 Å². The number of hydrogen-bond donors (Lipinski definition) is 2. The van der Waals surface area contributed by atoms with Crippen LogP contribution in [-0.2, 0) is 6.54 Å². The summed E-state index contributed by atoms with van der Waals surface area (Å²) in [5.41, 5.74) is 4.39. The SMILES string of the molecule is CN=C(NCc1ccccc1-n1nc(C)cc1C)NCC(c1ccc(C)o1)N1CCCC1.I. The third-order valence-electron chi connectivity index (χ3n) is 6.03. The van der Waals surface area contributed by atoms with Crippen molar-refractivity contribution in [3.63, 3.8) is 0 Å². The van der Waals surface area contributed by atoms with Crippen LogP contribution in [0.15, 0.2) is 51.9 Å². The van der Waals surface area contributed by atoms with Crippen LogP contribution in [0.5, 0.6) is 0 Å². The van der Waals surface area contributed by atoms with Crippen LogP contribution in [0.2, 0.25) is 0 Å². The first-order valence-electron chi connectivity index (χ1n) is 11.4. The zero-order valence-corrected chi connectivity index (χ0v) is 22.3. The number of nitrogens with zero attached hydrogens (tertiary/aromatic N) is 4. The number of aromatic nitrogens is 2. The Balaban J connectivity index is 0.00000306. The summed E-state index contributed by atoms with van der Waals surface area (Å²) in [6.45, 7) is 9.71. The Bertz CT molecular complexity index is 1070. The maximum Gasteiger partial charge on any atom is 0.191 e. The fraction of sp³-hybridized carbons (Fsp3) is 0.440. The van der Waals surface area contributed by atoms with Gasteiger partial charge in [-0.15, -0.1) is 24.0 Å². The number of hydrogen-bond acceptors (Lipinski definition) is 4. The van der Waals surface area contributed by atoms with E-state index in [2.05, 4.69) is 62.9 Å². The number of likely N-dealkylation sites (tertiary alicyclic amines) is 1. The van der Waals surface area contributed by atoms with Gasteiger partial charge in [-0.3, -0.25) is 9.89 Å². The van der Waals surface area contributed by atoms with Crippen molar-refractivity contribution in [1.29, 1.82) is 0 Å². The Morgan fingerprint density at radius 2 is 1.85 bits per heavy atom. The summed E-state index contributed by atoms with van der Waals surface area (Å²) in [6, 6.07) is 14.8. The first-order valence-corrected chi connectivity index (χ1v) is 11.4. The van der Waals surface area contributed by atoms with Crippen molar-refractivity contribution in [3.05, 3.63) is 70.9 Å². The van der Waals surface area contributed by atoms with Gasteiger partial charge >= 0.3 is 0 Å². The molecule has 1 aromatic carbocycles. The van der Waals surface area contributed by atoms with Gasteiger partial charge in [-0.25, -0.2) is 4.68 Å². The summed E-state index contributed by atoms with van der Waals surface area (Å²) < 4.78 is 7.98. The van der Waals surface area contributed by atoms with Crippen LogP contribution >= 0.6 is 24.0 Å². The predicted molar refractivity (Wildman–Crippen MR) is 144 cm³/mol. The van der Waals surface area contributed by atoms with Crippen molar-refractivity contribution in [3.8, 4) is 5.69 Å². The number of rotatable bonds is 7. The van der Waals surface area contributed by atoms with E-state index in [9.17, 15) is 0 Å². The van der Waals surface area contributed by atoms with E-state index in [1.165, 1.54) is 18.4 Å². The minimum atomic E-state index is 0. The molecule has 0 saturated carbocycles. The molecule has 3 heterocycles. The molecule has 0 amide bonds. The van der Waals surface area contributed by atoms with Crippen LogP contribution in [0.3, 0.4) is 0 Å². The first-order chi connectivity index (χ1) is 15.5. The van der Waals surface area contributed by atoms with Gasteiger partial charge < -0.3 is 15.1 Å². The Hall–Kier alpha value is -2.33. The van der Waals surface area contributed by atoms with E-state index in [1.807, 2.05) is 37.7 Å². The molecule has 4 rings (SSSR count). The molecule has 0 spiro atoms. The summed E-state index contributed by atoms with van der Waals surface area (Å²) >= 11 is 0. The maximum atomic E-state index is 5.98. The van der Waals surface area contributed by atoms with Crippen molar-refractivity contribution >= 4 is 29.9 Å². The normalized spacial score (nSPS) is 15.3. The molecule has 1 saturated heterocycles. The second kappa shape index (κ2) is 11.7. The van der Waals surface area contributed by atoms with E-state index < -0.39 is 0 Å². The van der Waals surface area contributed by atoms with E-state index in [0.29, 0.717) is 6.54 Å². The van der Waals surface area contributed by atoms with Crippen LogP contribution in [0.1, 0.15) is 47.4 Å². The van der Waals surface area contributed by atoms with Gasteiger partial charge in [0.15, 0.2) is 5.96 Å². The Morgan fingerprint density at radius 3 is 2.48 bits per heavy atom. The number of aryl methyl sites for hydroxylation is 3. The third-order valence-corrected chi connectivity index (χ3v) is 6.03. The minimum absolute atomic E-state index is 0. The van der Waals surface area contributed by atoms with Crippen LogP contribution in [0.4, 0.5) is 0 Å². The average Bonchev–Trinajstić information content (AvgIpc) is 3.53. The van der Waals surface area contributed by atoms with E-state index >= 15 is 0 Å². The lowest BCUT2D eigenvalue weighted by Gasteiger charge is -2.27. The topological polar surface area (TPSA) is 70.6 Å². The molecule has 0 bridgehead atoms. The molecule has 2 N–H and O–H groups in total. The fourth-order valence-electron chi connectivity index (χ4n) is 4.43. The highest BCUT2D eigenvalue weighted by atomic mass is 127. The third kappa shape index (κ3) is 6.17. The lowest BCUT2D eigenvalue weighted by Crippen LogP contribution is -2.42. The maximum absolute atomic E-state index is 5.98. The lowest BCUT2D eigenvalue weighted by molar-refractivity contribution is 0.213. The number of benzene rings is 1. The minimum Gasteiger partial charge on any atom is -0.465 e. The molecule has 1 aliphatic heterocycles. The van der Waals surface area contributed by atoms with Crippen molar-refractivity contribution in [1.82, 2.24) is 25.3 Å². The lowest BCUT2D eigenvalue weighted by atomic mass is 10.1. The molecular formula is C25H35IN6O. The van der Waals surface area contributed by atoms with Gasteiger partial charge in [-0.2, -0.15) is 5.10 Å². The highest BCUT2D eigenvalue weighted by Gasteiger charge is 2.26. The van der Waals surface area contributed by atoms with E-state index in [-0.39, 0.29) is 30.0 Å². The highest BCUT2D eigenvalue weighted by molar-refractivity contribution is 14.0. The predicted octanol–water partition coefficient (Wildman–Crippen LogP) is 4.51. The molecule has 3 aromatic rings. The van der Waals surface area contributed by atoms with E-state index in [4.69, 9.17) is 4.42 Å². The van der Waals surface area contributed by atoms with Gasteiger partial charge in [0.05, 0.1) is 17.4 Å². The van der Waals surface area contributed by atoms with Crippen molar-refractivity contribution in [2.75, 3.05) is 26.7 Å². The molecule has 1 unspecified atom stereocenters. The quantitative estimate of drug-likeness (QED) is 0.252. The number of halogens is 1. The largest absolute Gasteiger partial charge is 0.465 e. The Morgan fingerprint density at radius 1 is 1.09 bits per heavy atom. The first kappa shape index (κ1) is 25.3. The molecule has 1 atom stereocenters. The zero-order chi connectivity index (χ0) is 22.5. The average molecular weight is 563 g/mol. The fourth-order valence-corrected chi connectivity index (χ4v) is 4.43. The zero-order valence-electron chi connectivity index (χ0n) is 20.0. The standard InChI is InChI=1S/C25H34N6O.HI/c1-18-15-19(2)31(29-18)22-10-6-5-9-21(22)16-27-25(26-4)28-17-23(30-13-7-8-14-30)24-12-11-20(3)32-24;/h5-6,9-12,15,23H,7-8,13-14,16-17H2,1-4H3,(H2,26,27,28);1H. The Labute approximate surface area is 213 Å². The van der Waals surface area contributed by atoms with Crippen molar-refractivity contribution in [2.45, 2.75) is 46.2 Å². The molecule has 7 nitrogen and oxygen atoms in total. The molecule has 0 aliphatic carbocycles. The van der Waals surface area contributed by atoms with Gasteiger partial charge in [0, 0.05) is 25.8 Å². The summed E-state index contributed by atoms with van der Waals surface area (Å²) in [5.74, 6) is 2.75. The van der Waals surface area contributed by atoms with Gasteiger partial charge in [0.2, 0.25) is 0 Å². The number of aliphatic imine (C=N–C) groups is 1. The van der Waals surface area contributed by atoms with Crippen LogP contribution < -0.4 is 10.6 Å². The molecule has 178 valence electrons. The monoisotopic (exact) mass is 562 g/mol. The number of guanidine groups is 1. The molecular weight excluding hydrogens is 527 g/mol. The van der Waals surface area contributed by atoms with Crippen molar-refractivity contribution < 1.29 is 4.42 Å². The molecule has 0 radical (unpaired) electrons. The Kier molecular flexibility index (Phi) is 8.96. The number of para-hydroxylation sites is 1. The van der Waals surface area contributed by atoms with Crippen LogP contribution in [0.25, 0.3) is 5.69 Å². The van der Waals surface area contributed by atoms with Gasteiger partial charge in [0.25, 0.3) is 0 Å². The summed E-state index contributed by atoms with van der Waals surface area (Å²) in [4.78, 5) is 6.94. The van der Waals surface area contributed by atoms with Gasteiger partial charge in [-0.1, -0.05) is 18.2 Å². The molecule has 33 heavy (non-hydrogen) atoms. The van der Waals surface area contributed by atoms with Crippen LogP contribution in [0, 0.1) is 20.8 Å². The highest BCUT2D eigenvalue weighted by Crippen LogP contribution is 2.26. The van der Waals surface area contributed by atoms with Crippen LogP contribution in [-0.4, -0.2) is 47.3 Å². The molecule has 2 aromatic heterocycles. The summed E-state index contributed by atoms with van der Waals surface area (Å²) in [6.07, 6.45) is 2.48. The number of nitrogens with one attached hydrogen (secondary N) is 2. The summed E-state index contributed by atoms with van der Waals surface area (Å²) in [5, 5.41) is 11.6. The molecule has 1 aliphatic rings. The van der Waals surface area contributed by atoms with E-state index in [0.717, 1.165) is 54.2 Å². The van der Waals surface area contributed by atoms with Gasteiger partial charge in [0.1, 0.15) is 11.5 Å². The summed E-state index contributed by atoms with van der Waals surface area (Å²) in [7, 11) is 1.81. The van der Waals surface area contributed by atoms with Gasteiger partial charge in [-0.05, 0) is 76.5 Å². The number of furan rings is 1.